The van der Waals surface area contributed by atoms with E-state index >= 15 is 0 Å². The Balaban J connectivity index is 1.74. The average molecular weight is 502 g/mol. The lowest BCUT2D eigenvalue weighted by Crippen LogP contribution is -2.33. The van der Waals surface area contributed by atoms with E-state index in [0.717, 1.165) is 97.1 Å². The molecule has 0 unspecified atom stereocenters. The summed E-state index contributed by atoms with van der Waals surface area (Å²) in [7, 11) is 1.72. The highest BCUT2D eigenvalue weighted by Gasteiger charge is 2.42. The van der Waals surface area contributed by atoms with Crippen LogP contribution in [0, 0.1) is 0 Å². The van der Waals surface area contributed by atoms with Crippen molar-refractivity contribution in [3.05, 3.63) is 40.8 Å². The summed E-state index contributed by atoms with van der Waals surface area (Å²) in [6, 6.07) is 3.43. The third kappa shape index (κ3) is 5.00. The highest BCUT2D eigenvalue weighted by Crippen LogP contribution is 2.46. The molecule has 10 heteroatoms. The standard InChI is InChI=1S/C26H30F3N5O2/c1-35-15-25(10-5-6-11-25)24-23(20-14-31-34-33-20)22(18-7-3-2-4-8-19(18)32-24)17-9-12-30-21(13-17)36-16-26(27,28)29/h9,12-13H,2-8,10-11,14-16H2,1H3. The van der Waals surface area contributed by atoms with Crippen LogP contribution in [-0.2, 0) is 23.0 Å². The van der Waals surface area contributed by atoms with Crippen LogP contribution in [0.2, 0.25) is 0 Å². The van der Waals surface area contributed by atoms with E-state index in [4.69, 9.17) is 14.5 Å². The first kappa shape index (κ1) is 24.8. The molecule has 36 heavy (non-hydrogen) atoms. The topological polar surface area (TPSA) is 81.3 Å². The van der Waals surface area contributed by atoms with Gasteiger partial charge in [-0.1, -0.05) is 19.3 Å². The SMILES string of the molecule is COCC1(c2nc3c(c(-c4ccnc(OCC(F)(F)F)c4)c2C2=NN=NC2)CCCCC3)CCCC1. The number of hydrogen-bond donors (Lipinski definition) is 0. The third-order valence-electron chi connectivity index (χ3n) is 7.35. The largest absolute Gasteiger partial charge is 0.468 e. The molecule has 1 fully saturated rings. The number of pyridine rings is 2. The summed E-state index contributed by atoms with van der Waals surface area (Å²) in [5, 5.41) is 12.4. The predicted molar refractivity (Wildman–Crippen MR) is 129 cm³/mol. The Hall–Kier alpha value is -2.88. The first-order valence-electron chi connectivity index (χ1n) is 12.5. The Bertz CT molecular complexity index is 1170. The van der Waals surface area contributed by atoms with E-state index in [1.807, 2.05) is 6.07 Å². The summed E-state index contributed by atoms with van der Waals surface area (Å²) in [6.07, 6.45) is 6.02. The summed E-state index contributed by atoms with van der Waals surface area (Å²) >= 11 is 0. The summed E-state index contributed by atoms with van der Waals surface area (Å²) in [4.78, 5) is 9.37. The smallest absolute Gasteiger partial charge is 0.422 e. The van der Waals surface area contributed by atoms with Crippen molar-refractivity contribution in [1.29, 1.82) is 0 Å². The number of aryl methyl sites for hydroxylation is 1. The van der Waals surface area contributed by atoms with Crippen LogP contribution in [0.15, 0.2) is 33.8 Å². The molecule has 0 aromatic carbocycles. The van der Waals surface area contributed by atoms with Gasteiger partial charge in [-0.25, -0.2) is 4.98 Å². The Morgan fingerprint density at radius 2 is 1.83 bits per heavy atom. The van der Waals surface area contributed by atoms with Crippen LogP contribution in [0.3, 0.4) is 0 Å². The van der Waals surface area contributed by atoms with Crippen molar-refractivity contribution in [2.75, 3.05) is 26.9 Å². The van der Waals surface area contributed by atoms with Crippen molar-refractivity contribution in [2.24, 2.45) is 15.4 Å². The zero-order chi connectivity index (χ0) is 25.2. The minimum atomic E-state index is -4.44. The molecule has 192 valence electrons. The summed E-state index contributed by atoms with van der Waals surface area (Å²) in [5.41, 5.74) is 6.21. The van der Waals surface area contributed by atoms with Gasteiger partial charge in [0.05, 0.1) is 18.0 Å². The zero-order valence-corrected chi connectivity index (χ0v) is 20.4. The van der Waals surface area contributed by atoms with E-state index < -0.39 is 12.8 Å². The van der Waals surface area contributed by atoms with Gasteiger partial charge in [-0.15, -0.1) is 5.10 Å². The van der Waals surface area contributed by atoms with Gasteiger partial charge in [-0.3, -0.25) is 4.98 Å². The Kier molecular flexibility index (Phi) is 7.05. The first-order chi connectivity index (χ1) is 17.4. The van der Waals surface area contributed by atoms with Crippen LogP contribution in [0.5, 0.6) is 5.88 Å². The van der Waals surface area contributed by atoms with E-state index in [2.05, 4.69) is 20.4 Å². The fraction of sp³-hybridized carbons (Fsp3) is 0.577. The number of halogens is 3. The second kappa shape index (κ2) is 10.2. The highest BCUT2D eigenvalue weighted by molar-refractivity contribution is 6.09. The van der Waals surface area contributed by atoms with Crippen LogP contribution in [0.25, 0.3) is 11.1 Å². The lowest BCUT2D eigenvalue weighted by Gasteiger charge is -2.32. The number of fused-ring (bicyclic) bond motifs is 1. The summed E-state index contributed by atoms with van der Waals surface area (Å²) in [6.45, 7) is -0.507. The Morgan fingerprint density at radius 3 is 2.56 bits per heavy atom. The molecule has 5 rings (SSSR count). The van der Waals surface area contributed by atoms with E-state index in [-0.39, 0.29) is 11.3 Å². The molecular formula is C26H30F3N5O2. The number of ether oxygens (including phenoxy) is 2. The molecule has 2 aromatic rings. The van der Waals surface area contributed by atoms with E-state index in [1.54, 1.807) is 13.2 Å². The third-order valence-corrected chi connectivity index (χ3v) is 7.35. The van der Waals surface area contributed by atoms with Gasteiger partial charge in [0, 0.05) is 36.0 Å². The minimum absolute atomic E-state index is 0.0632. The van der Waals surface area contributed by atoms with Crippen molar-refractivity contribution in [3.8, 4) is 17.0 Å². The van der Waals surface area contributed by atoms with Crippen LogP contribution in [0.1, 0.15) is 67.5 Å². The molecule has 0 saturated heterocycles. The average Bonchev–Trinajstić information content (AvgIpc) is 3.51. The van der Waals surface area contributed by atoms with Gasteiger partial charge in [0.2, 0.25) is 5.88 Å². The molecular weight excluding hydrogens is 471 g/mol. The molecule has 2 aromatic heterocycles. The summed E-state index contributed by atoms with van der Waals surface area (Å²) < 4.78 is 49.3. The van der Waals surface area contributed by atoms with Crippen LogP contribution in [-0.4, -0.2) is 48.7 Å². The Morgan fingerprint density at radius 1 is 1.03 bits per heavy atom. The van der Waals surface area contributed by atoms with Gasteiger partial charge in [0.25, 0.3) is 0 Å². The zero-order valence-electron chi connectivity index (χ0n) is 20.4. The van der Waals surface area contributed by atoms with Crippen molar-refractivity contribution in [3.63, 3.8) is 0 Å². The van der Waals surface area contributed by atoms with Crippen molar-refractivity contribution < 1.29 is 22.6 Å². The minimum Gasteiger partial charge on any atom is -0.468 e. The fourth-order valence-corrected chi connectivity index (χ4v) is 5.82. The number of aromatic nitrogens is 2. The molecule has 1 saturated carbocycles. The lowest BCUT2D eigenvalue weighted by molar-refractivity contribution is -0.154. The van der Waals surface area contributed by atoms with E-state index in [0.29, 0.717) is 13.2 Å². The molecule has 0 amide bonds. The van der Waals surface area contributed by atoms with Crippen molar-refractivity contribution >= 4 is 5.71 Å². The normalized spacial score (nSPS) is 19.2. The first-order valence-corrected chi connectivity index (χ1v) is 12.5. The van der Waals surface area contributed by atoms with Gasteiger partial charge >= 0.3 is 6.18 Å². The molecule has 0 radical (unpaired) electrons. The number of alkyl halides is 3. The monoisotopic (exact) mass is 501 g/mol. The molecule has 0 bridgehead atoms. The van der Waals surface area contributed by atoms with Gasteiger partial charge < -0.3 is 9.47 Å². The van der Waals surface area contributed by atoms with E-state index in [1.165, 1.54) is 6.20 Å². The molecule has 2 aliphatic carbocycles. The van der Waals surface area contributed by atoms with E-state index in [9.17, 15) is 13.2 Å². The van der Waals surface area contributed by atoms with Crippen LogP contribution < -0.4 is 4.74 Å². The lowest BCUT2D eigenvalue weighted by atomic mass is 9.76. The van der Waals surface area contributed by atoms with Crippen molar-refractivity contribution in [1.82, 2.24) is 9.97 Å². The molecule has 3 aliphatic rings. The number of nitrogens with zero attached hydrogens (tertiary/aromatic N) is 5. The Labute approximate surface area is 208 Å². The van der Waals surface area contributed by atoms with Gasteiger partial charge in [0.1, 0.15) is 6.54 Å². The van der Waals surface area contributed by atoms with Gasteiger partial charge in [-0.05, 0) is 66.5 Å². The predicted octanol–water partition coefficient (Wildman–Crippen LogP) is 5.98. The molecule has 0 N–H and O–H groups in total. The van der Waals surface area contributed by atoms with Crippen molar-refractivity contribution in [2.45, 2.75) is 69.4 Å². The number of methoxy groups -OCH3 is 1. The van der Waals surface area contributed by atoms with Crippen LogP contribution >= 0.6 is 0 Å². The fourth-order valence-electron chi connectivity index (χ4n) is 5.82. The maximum Gasteiger partial charge on any atom is 0.422 e. The maximum atomic E-state index is 12.8. The second-order valence-electron chi connectivity index (χ2n) is 9.84. The van der Waals surface area contributed by atoms with Gasteiger partial charge in [-0.2, -0.15) is 18.3 Å². The van der Waals surface area contributed by atoms with Gasteiger partial charge in [0.15, 0.2) is 6.61 Å². The van der Waals surface area contributed by atoms with Crippen LogP contribution in [0.4, 0.5) is 13.2 Å². The quantitative estimate of drug-likeness (QED) is 0.437. The number of hydrogen-bond acceptors (Lipinski definition) is 7. The molecule has 3 heterocycles. The summed E-state index contributed by atoms with van der Waals surface area (Å²) in [5.74, 6) is -0.0632. The highest BCUT2D eigenvalue weighted by atomic mass is 19.4. The maximum absolute atomic E-state index is 12.8. The molecule has 7 nitrogen and oxygen atoms in total. The molecule has 0 atom stereocenters. The molecule has 1 aliphatic heterocycles. The number of rotatable bonds is 7. The molecule has 0 spiro atoms. The second-order valence-corrected chi connectivity index (χ2v) is 9.84.